The Kier molecular flexibility index (Phi) is 4.26. The lowest BCUT2D eigenvalue weighted by Gasteiger charge is -2.04. The van der Waals surface area contributed by atoms with Crippen molar-refractivity contribution >= 4 is 0 Å². The first-order valence-electron chi connectivity index (χ1n) is 6.06. The number of nitrogens with zero attached hydrogens (tertiary/aromatic N) is 3. The van der Waals surface area contributed by atoms with E-state index in [-0.39, 0.29) is 5.82 Å². The number of aromatic nitrogens is 2. The molecule has 0 aliphatic carbocycles. The molecule has 0 atom stereocenters. The van der Waals surface area contributed by atoms with Crippen molar-refractivity contribution in [1.29, 1.82) is 5.26 Å². The van der Waals surface area contributed by atoms with Crippen LogP contribution in [0.1, 0.15) is 16.8 Å². The fraction of sp³-hybridized carbons (Fsp3) is 0.286. The molecular formula is C14H15FN4. The van der Waals surface area contributed by atoms with Crippen LogP contribution in [0.25, 0.3) is 0 Å². The number of halogens is 1. The van der Waals surface area contributed by atoms with Crippen molar-refractivity contribution in [2.75, 3.05) is 13.6 Å². The van der Waals surface area contributed by atoms with E-state index in [9.17, 15) is 4.39 Å². The summed E-state index contributed by atoms with van der Waals surface area (Å²) in [4.78, 5) is 4.26. The van der Waals surface area contributed by atoms with E-state index in [1.165, 1.54) is 6.07 Å². The molecule has 2 rings (SSSR count). The number of rotatable bonds is 5. The average molecular weight is 258 g/mol. The Hall–Kier alpha value is -2.19. The van der Waals surface area contributed by atoms with E-state index in [0.29, 0.717) is 17.7 Å². The van der Waals surface area contributed by atoms with Gasteiger partial charge in [0.15, 0.2) is 0 Å². The second-order valence-corrected chi connectivity index (χ2v) is 4.31. The molecule has 5 heteroatoms. The van der Waals surface area contributed by atoms with Gasteiger partial charge in [-0.2, -0.15) is 5.26 Å². The van der Waals surface area contributed by atoms with E-state index >= 15 is 0 Å². The number of nitriles is 1. The molecule has 19 heavy (non-hydrogen) atoms. The smallest absolute Gasteiger partial charge is 0.129 e. The number of nitrogens with one attached hydrogen (secondary N) is 1. The monoisotopic (exact) mass is 258 g/mol. The SMILES string of the molecule is CNCCc1cn(Cc2ccc(C#N)cc2F)cn1. The lowest BCUT2D eigenvalue weighted by molar-refractivity contribution is 0.599. The Balaban J connectivity index is 2.09. The Bertz CT molecular complexity index is 598. The van der Waals surface area contributed by atoms with Crippen molar-refractivity contribution in [1.82, 2.24) is 14.9 Å². The van der Waals surface area contributed by atoms with Crippen LogP contribution in [0.2, 0.25) is 0 Å². The third kappa shape index (κ3) is 3.39. The van der Waals surface area contributed by atoms with E-state index in [1.807, 2.05) is 23.9 Å². The number of hydrogen-bond acceptors (Lipinski definition) is 3. The van der Waals surface area contributed by atoms with Gasteiger partial charge in [0, 0.05) is 24.7 Å². The molecule has 0 amide bonds. The van der Waals surface area contributed by atoms with Crippen molar-refractivity contribution in [2.24, 2.45) is 0 Å². The van der Waals surface area contributed by atoms with Crippen molar-refractivity contribution < 1.29 is 4.39 Å². The van der Waals surface area contributed by atoms with E-state index < -0.39 is 0 Å². The molecule has 0 fully saturated rings. The molecule has 98 valence electrons. The summed E-state index contributed by atoms with van der Waals surface area (Å²) < 4.78 is 15.6. The van der Waals surface area contributed by atoms with Gasteiger partial charge in [-0.05, 0) is 19.2 Å². The molecule has 1 heterocycles. The maximum absolute atomic E-state index is 13.7. The standard InChI is InChI=1S/C14H15FN4/c1-17-5-4-13-9-19(10-18-13)8-12-3-2-11(7-16)6-14(12)15/h2-3,6,9-10,17H,4-5,8H2,1H3. The second-order valence-electron chi connectivity index (χ2n) is 4.31. The normalized spacial score (nSPS) is 10.4. The van der Waals surface area contributed by atoms with Gasteiger partial charge < -0.3 is 9.88 Å². The highest BCUT2D eigenvalue weighted by Crippen LogP contribution is 2.12. The highest BCUT2D eigenvalue weighted by atomic mass is 19.1. The van der Waals surface area contributed by atoms with Crippen LogP contribution in [0.3, 0.4) is 0 Å². The largest absolute Gasteiger partial charge is 0.333 e. The van der Waals surface area contributed by atoms with Crippen LogP contribution in [0.4, 0.5) is 4.39 Å². The predicted octanol–water partition coefficient (Wildman–Crippen LogP) is 1.70. The minimum absolute atomic E-state index is 0.335. The van der Waals surface area contributed by atoms with Crippen LogP contribution in [0, 0.1) is 17.1 Å². The number of benzene rings is 1. The Morgan fingerprint density at radius 1 is 1.47 bits per heavy atom. The van der Waals surface area contributed by atoms with Crippen molar-refractivity contribution in [2.45, 2.75) is 13.0 Å². The number of likely N-dealkylation sites (N-methyl/N-ethyl adjacent to an activating group) is 1. The molecule has 4 nitrogen and oxygen atoms in total. The van der Waals surface area contributed by atoms with Crippen LogP contribution in [-0.4, -0.2) is 23.1 Å². The quantitative estimate of drug-likeness (QED) is 0.888. The molecule has 1 N–H and O–H groups in total. The second kappa shape index (κ2) is 6.12. The summed E-state index contributed by atoms with van der Waals surface area (Å²) in [6.07, 6.45) is 4.46. The zero-order valence-electron chi connectivity index (χ0n) is 10.7. The summed E-state index contributed by atoms with van der Waals surface area (Å²) in [6, 6.07) is 6.44. The summed E-state index contributed by atoms with van der Waals surface area (Å²) in [6.45, 7) is 1.28. The fourth-order valence-corrected chi connectivity index (χ4v) is 1.82. The third-order valence-corrected chi connectivity index (χ3v) is 2.85. The number of imidazole rings is 1. The fourth-order valence-electron chi connectivity index (χ4n) is 1.82. The summed E-state index contributed by atoms with van der Waals surface area (Å²) in [5.41, 5.74) is 1.86. The van der Waals surface area contributed by atoms with E-state index in [4.69, 9.17) is 5.26 Å². The first-order chi connectivity index (χ1) is 9.22. The van der Waals surface area contributed by atoms with Gasteiger partial charge in [0.2, 0.25) is 0 Å². The van der Waals surface area contributed by atoms with Gasteiger partial charge in [-0.1, -0.05) is 6.07 Å². The zero-order valence-corrected chi connectivity index (χ0v) is 10.7. The third-order valence-electron chi connectivity index (χ3n) is 2.85. The Morgan fingerprint density at radius 2 is 2.32 bits per heavy atom. The highest BCUT2D eigenvalue weighted by molar-refractivity contribution is 5.33. The van der Waals surface area contributed by atoms with Crippen molar-refractivity contribution in [3.8, 4) is 6.07 Å². The van der Waals surface area contributed by atoms with Gasteiger partial charge in [-0.25, -0.2) is 9.37 Å². The first-order valence-corrected chi connectivity index (χ1v) is 6.06. The molecule has 0 aliphatic heterocycles. The summed E-state index contributed by atoms with van der Waals surface area (Å²) in [7, 11) is 1.89. The maximum atomic E-state index is 13.7. The minimum atomic E-state index is -0.357. The van der Waals surface area contributed by atoms with Crippen molar-refractivity contribution in [3.63, 3.8) is 0 Å². The predicted molar refractivity (Wildman–Crippen MR) is 70.1 cm³/mol. The molecule has 2 aromatic rings. The molecule has 0 saturated heterocycles. The molecule has 1 aromatic carbocycles. The van der Waals surface area contributed by atoms with Crippen molar-refractivity contribution in [3.05, 3.63) is 53.4 Å². The summed E-state index contributed by atoms with van der Waals surface area (Å²) in [5, 5.41) is 11.7. The molecule has 0 saturated carbocycles. The van der Waals surface area contributed by atoms with Gasteiger partial charge in [0.25, 0.3) is 0 Å². The van der Waals surface area contributed by atoms with Gasteiger partial charge >= 0.3 is 0 Å². The molecule has 0 spiro atoms. The summed E-state index contributed by atoms with van der Waals surface area (Å²) in [5.74, 6) is -0.357. The van der Waals surface area contributed by atoms with E-state index in [0.717, 1.165) is 18.7 Å². The van der Waals surface area contributed by atoms with Crippen LogP contribution in [0.15, 0.2) is 30.7 Å². The Labute approximate surface area is 111 Å². The molecule has 0 radical (unpaired) electrons. The first kappa shape index (κ1) is 13.2. The maximum Gasteiger partial charge on any atom is 0.129 e. The molecular weight excluding hydrogens is 243 g/mol. The topological polar surface area (TPSA) is 53.6 Å². The average Bonchev–Trinajstić information content (AvgIpc) is 2.86. The van der Waals surface area contributed by atoms with E-state index in [1.54, 1.807) is 18.5 Å². The van der Waals surface area contributed by atoms with Crippen LogP contribution < -0.4 is 5.32 Å². The van der Waals surface area contributed by atoms with Crippen LogP contribution in [-0.2, 0) is 13.0 Å². The number of hydrogen-bond donors (Lipinski definition) is 1. The summed E-state index contributed by atoms with van der Waals surface area (Å²) >= 11 is 0. The molecule has 0 aliphatic rings. The zero-order chi connectivity index (χ0) is 13.7. The van der Waals surface area contributed by atoms with Gasteiger partial charge in [0.05, 0.1) is 30.2 Å². The highest BCUT2D eigenvalue weighted by Gasteiger charge is 2.05. The van der Waals surface area contributed by atoms with Gasteiger partial charge in [0.1, 0.15) is 5.82 Å². The minimum Gasteiger partial charge on any atom is -0.333 e. The lowest BCUT2D eigenvalue weighted by Crippen LogP contribution is -2.10. The van der Waals surface area contributed by atoms with Crippen LogP contribution in [0.5, 0.6) is 0 Å². The molecule has 0 bridgehead atoms. The van der Waals surface area contributed by atoms with Gasteiger partial charge in [-0.3, -0.25) is 0 Å². The molecule has 0 unspecified atom stereocenters. The van der Waals surface area contributed by atoms with Gasteiger partial charge in [-0.15, -0.1) is 0 Å². The molecule has 1 aromatic heterocycles. The Morgan fingerprint density at radius 3 is 3.00 bits per heavy atom. The van der Waals surface area contributed by atoms with Crippen LogP contribution >= 0.6 is 0 Å². The lowest BCUT2D eigenvalue weighted by atomic mass is 10.1. The van der Waals surface area contributed by atoms with E-state index in [2.05, 4.69) is 10.3 Å².